The van der Waals surface area contributed by atoms with E-state index in [-0.39, 0.29) is 5.78 Å². The van der Waals surface area contributed by atoms with E-state index in [2.05, 4.69) is 18.9 Å². The lowest BCUT2D eigenvalue weighted by atomic mass is 10.1. The predicted molar refractivity (Wildman–Crippen MR) is 72.2 cm³/mol. The summed E-state index contributed by atoms with van der Waals surface area (Å²) in [4.78, 5) is 14.1. The Morgan fingerprint density at radius 1 is 1.35 bits per heavy atom. The van der Waals surface area contributed by atoms with Crippen LogP contribution in [0.25, 0.3) is 0 Å². The van der Waals surface area contributed by atoms with Crippen LogP contribution in [0.5, 0.6) is 0 Å². The van der Waals surface area contributed by atoms with E-state index in [1.165, 1.54) is 12.8 Å². The van der Waals surface area contributed by atoms with Crippen LogP contribution in [0.1, 0.15) is 36.5 Å². The van der Waals surface area contributed by atoms with Crippen molar-refractivity contribution in [3.63, 3.8) is 0 Å². The number of Topliss-reactive ketones (excluding diaryl/α,β-unsaturated/α-hetero) is 1. The maximum Gasteiger partial charge on any atom is 0.164 e. The number of nitrogen functional groups attached to an aromatic ring is 1. The number of benzene rings is 1. The molecule has 0 aliphatic carbocycles. The first kappa shape index (κ1) is 13.7. The number of hydrogen-bond acceptors (Lipinski definition) is 3. The van der Waals surface area contributed by atoms with Crippen molar-refractivity contribution >= 4 is 11.5 Å². The third-order valence-corrected chi connectivity index (χ3v) is 2.82. The van der Waals surface area contributed by atoms with Crippen molar-refractivity contribution in [1.82, 2.24) is 4.90 Å². The molecule has 0 saturated carbocycles. The van der Waals surface area contributed by atoms with Crippen LogP contribution in [0.4, 0.5) is 5.69 Å². The summed E-state index contributed by atoms with van der Waals surface area (Å²) in [5.74, 6) is 0.167. The fourth-order valence-electron chi connectivity index (χ4n) is 1.69. The number of nitrogens with two attached hydrogens (primary N) is 1. The quantitative estimate of drug-likeness (QED) is 0.582. The van der Waals surface area contributed by atoms with Crippen molar-refractivity contribution in [1.29, 1.82) is 0 Å². The molecule has 0 unspecified atom stereocenters. The zero-order valence-corrected chi connectivity index (χ0v) is 10.8. The number of anilines is 1. The molecular weight excluding hydrogens is 212 g/mol. The molecule has 2 N–H and O–H groups in total. The molecular formula is C14H22N2O. The minimum atomic E-state index is 0.167. The second-order valence-electron chi connectivity index (χ2n) is 4.46. The summed E-state index contributed by atoms with van der Waals surface area (Å²) in [6.07, 6.45) is 2.93. The van der Waals surface area contributed by atoms with Crippen LogP contribution < -0.4 is 5.73 Å². The van der Waals surface area contributed by atoms with Gasteiger partial charge < -0.3 is 10.6 Å². The zero-order valence-electron chi connectivity index (χ0n) is 10.8. The number of ketones is 1. The summed E-state index contributed by atoms with van der Waals surface area (Å²) in [5, 5.41) is 0. The highest BCUT2D eigenvalue weighted by Gasteiger charge is 2.07. The Balaban J connectivity index is 2.39. The molecule has 0 aromatic heterocycles. The van der Waals surface area contributed by atoms with Crippen LogP contribution >= 0.6 is 0 Å². The summed E-state index contributed by atoms with van der Waals surface area (Å²) in [5.41, 5.74) is 7.02. The van der Waals surface area contributed by atoms with Crippen molar-refractivity contribution in [2.45, 2.75) is 26.2 Å². The predicted octanol–water partition coefficient (Wildman–Crippen LogP) is 2.57. The lowest BCUT2D eigenvalue weighted by Gasteiger charge is -2.15. The van der Waals surface area contributed by atoms with E-state index in [0.717, 1.165) is 13.1 Å². The number of nitrogens with zero attached hydrogens (tertiary/aromatic N) is 1. The molecule has 3 heteroatoms. The first-order valence-corrected chi connectivity index (χ1v) is 6.20. The number of carbonyl (C=O) groups excluding carboxylic acids is 1. The van der Waals surface area contributed by atoms with Crippen molar-refractivity contribution in [3.8, 4) is 0 Å². The van der Waals surface area contributed by atoms with Crippen LogP contribution in [0.2, 0.25) is 0 Å². The van der Waals surface area contributed by atoms with E-state index in [1.807, 2.05) is 12.1 Å². The number of carbonyl (C=O) groups is 1. The zero-order chi connectivity index (χ0) is 12.7. The van der Waals surface area contributed by atoms with Gasteiger partial charge in [-0.3, -0.25) is 4.79 Å². The standard InChI is InChI=1S/C14H22N2O/c1-3-4-9-16(2)10-8-14(17)12-6-5-7-13(15)11-12/h5-7,11H,3-4,8-10,15H2,1-2H3. The summed E-state index contributed by atoms with van der Waals surface area (Å²) >= 11 is 0. The van der Waals surface area contributed by atoms with Crippen LogP contribution in [0.3, 0.4) is 0 Å². The average molecular weight is 234 g/mol. The van der Waals surface area contributed by atoms with E-state index < -0.39 is 0 Å². The summed E-state index contributed by atoms with van der Waals surface area (Å²) in [6.45, 7) is 4.04. The Bertz CT molecular complexity index is 363. The second kappa shape index (κ2) is 7.07. The minimum Gasteiger partial charge on any atom is -0.399 e. The molecule has 1 rings (SSSR count). The molecule has 0 fully saturated rings. The summed E-state index contributed by atoms with van der Waals surface area (Å²) < 4.78 is 0. The van der Waals surface area contributed by atoms with E-state index in [4.69, 9.17) is 5.73 Å². The molecule has 0 amide bonds. The molecule has 1 aromatic rings. The second-order valence-corrected chi connectivity index (χ2v) is 4.46. The van der Waals surface area contributed by atoms with Gasteiger partial charge in [0.05, 0.1) is 0 Å². The molecule has 3 nitrogen and oxygen atoms in total. The molecule has 17 heavy (non-hydrogen) atoms. The van der Waals surface area contributed by atoms with Gasteiger partial charge in [-0.05, 0) is 32.1 Å². The number of rotatable bonds is 7. The fourth-order valence-corrected chi connectivity index (χ4v) is 1.69. The van der Waals surface area contributed by atoms with Gasteiger partial charge in [0, 0.05) is 24.2 Å². The van der Waals surface area contributed by atoms with Gasteiger partial charge in [0.25, 0.3) is 0 Å². The highest BCUT2D eigenvalue weighted by Crippen LogP contribution is 2.09. The third-order valence-electron chi connectivity index (χ3n) is 2.82. The van der Waals surface area contributed by atoms with Crippen molar-refractivity contribution < 1.29 is 4.79 Å². The maximum absolute atomic E-state index is 11.9. The molecule has 0 aliphatic heterocycles. The topological polar surface area (TPSA) is 46.3 Å². The Labute approximate surface area is 104 Å². The van der Waals surface area contributed by atoms with E-state index >= 15 is 0 Å². The van der Waals surface area contributed by atoms with Crippen molar-refractivity contribution in [2.24, 2.45) is 0 Å². The molecule has 0 spiro atoms. The molecule has 1 aromatic carbocycles. The van der Waals surface area contributed by atoms with Crippen LogP contribution in [0, 0.1) is 0 Å². The third kappa shape index (κ3) is 5.00. The SMILES string of the molecule is CCCCN(C)CCC(=O)c1cccc(N)c1. The Morgan fingerprint density at radius 3 is 2.76 bits per heavy atom. The van der Waals surface area contributed by atoms with Crippen LogP contribution in [-0.4, -0.2) is 30.8 Å². The van der Waals surface area contributed by atoms with Crippen LogP contribution in [0.15, 0.2) is 24.3 Å². The fraction of sp³-hybridized carbons (Fsp3) is 0.500. The van der Waals surface area contributed by atoms with E-state index in [9.17, 15) is 4.79 Å². The Kier molecular flexibility index (Phi) is 5.70. The first-order valence-electron chi connectivity index (χ1n) is 6.20. The van der Waals surface area contributed by atoms with E-state index in [0.29, 0.717) is 17.7 Å². The highest BCUT2D eigenvalue weighted by molar-refractivity contribution is 5.96. The summed E-state index contributed by atoms with van der Waals surface area (Å²) in [6, 6.07) is 7.19. The number of hydrogen-bond donors (Lipinski definition) is 1. The molecule has 0 radical (unpaired) electrons. The summed E-state index contributed by atoms with van der Waals surface area (Å²) in [7, 11) is 2.06. The maximum atomic E-state index is 11.9. The van der Waals surface area contributed by atoms with Crippen molar-refractivity contribution in [2.75, 3.05) is 25.9 Å². The molecule has 0 atom stereocenters. The van der Waals surface area contributed by atoms with Gasteiger partial charge in [-0.2, -0.15) is 0 Å². The largest absolute Gasteiger partial charge is 0.399 e. The first-order chi connectivity index (χ1) is 8.13. The van der Waals surface area contributed by atoms with Gasteiger partial charge in [-0.15, -0.1) is 0 Å². The van der Waals surface area contributed by atoms with Gasteiger partial charge in [-0.25, -0.2) is 0 Å². The van der Waals surface area contributed by atoms with Gasteiger partial charge >= 0.3 is 0 Å². The molecule has 0 aliphatic rings. The Hall–Kier alpha value is -1.35. The lowest BCUT2D eigenvalue weighted by molar-refractivity contribution is 0.0969. The van der Waals surface area contributed by atoms with Gasteiger partial charge in [0.2, 0.25) is 0 Å². The van der Waals surface area contributed by atoms with Gasteiger partial charge in [0.1, 0.15) is 0 Å². The minimum absolute atomic E-state index is 0.167. The normalized spacial score (nSPS) is 10.8. The van der Waals surface area contributed by atoms with Crippen molar-refractivity contribution in [3.05, 3.63) is 29.8 Å². The highest BCUT2D eigenvalue weighted by atomic mass is 16.1. The van der Waals surface area contributed by atoms with Gasteiger partial charge in [-0.1, -0.05) is 25.5 Å². The molecule has 94 valence electrons. The smallest absolute Gasteiger partial charge is 0.164 e. The molecule has 0 saturated heterocycles. The number of unbranched alkanes of at least 4 members (excludes halogenated alkanes) is 1. The van der Waals surface area contributed by atoms with E-state index in [1.54, 1.807) is 12.1 Å². The van der Waals surface area contributed by atoms with Gasteiger partial charge in [0.15, 0.2) is 5.78 Å². The molecule has 0 bridgehead atoms. The van der Waals surface area contributed by atoms with Crippen LogP contribution in [-0.2, 0) is 0 Å². The lowest BCUT2D eigenvalue weighted by Crippen LogP contribution is -2.23. The monoisotopic (exact) mass is 234 g/mol. The molecule has 0 heterocycles. The average Bonchev–Trinajstić information content (AvgIpc) is 2.33. The Morgan fingerprint density at radius 2 is 2.12 bits per heavy atom.